The summed E-state index contributed by atoms with van der Waals surface area (Å²) in [6, 6.07) is 3.06. The van der Waals surface area contributed by atoms with Crippen LogP contribution >= 0.6 is 0 Å². The van der Waals surface area contributed by atoms with Gasteiger partial charge in [-0.3, -0.25) is 4.68 Å². The molecular weight excluding hydrogens is 198 g/mol. The molecule has 1 aliphatic rings. The summed E-state index contributed by atoms with van der Waals surface area (Å²) in [6.07, 6.45) is 10.6. The van der Waals surface area contributed by atoms with Gasteiger partial charge >= 0.3 is 0 Å². The van der Waals surface area contributed by atoms with Crippen LogP contribution in [-0.2, 0) is 6.42 Å². The molecule has 1 heterocycles. The van der Waals surface area contributed by atoms with Crippen LogP contribution in [0.1, 0.15) is 57.2 Å². The second kappa shape index (κ2) is 5.48. The van der Waals surface area contributed by atoms with E-state index in [-0.39, 0.29) is 6.04 Å². The molecule has 16 heavy (non-hydrogen) atoms. The highest BCUT2D eigenvalue weighted by Crippen LogP contribution is 2.28. The van der Waals surface area contributed by atoms with Crippen molar-refractivity contribution in [3.63, 3.8) is 0 Å². The maximum absolute atomic E-state index is 6.03. The summed E-state index contributed by atoms with van der Waals surface area (Å²) >= 11 is 0. The number of hydrogen-bond acceptors (Lipinski definition) is 2. The number of nitrogens with zero attached hydrogens (tertiary/aromatic N) is 2. The molecule has 1 fully saturated rings. The molecule has 90 valence electrons. The molecule has 1 aliphatic carbocycles. The topological polar surface area (TPSA) is 43.8 Å². The van der Waals surface area contributed by atoms with Crippen LogP contribution in [0.3, 0.4) is 0 Å². The van der Waals surface area contributed by atoms with E-state index in [1.807, 2.05) is 0 Å². The van der Waals surface area contributed by atoms with Crippen LogP contribution in [0, 0.1) is 0 Å². The van der Waals surface area contributed by atoms with Gasteiger partial charge in [-0.25, -0.2) is 0 Å². The Labute approximate surface area is 98.0 Å². The van der Waals surface area contributed by atoms with Crippen LogP contribution in [0.5, 0.6) is 0 Å². The highest BCUT2D eigenvalue weighted by Gasteiger charge is 2.17. The predicted octanol–water partition coefficient (Wildman–Crippen LogP) is 2.67. The molecule has 0 radical (unpaired) electrons. The van der Waals surface area contributed by atoms with Gasteiger partial charge in [-0.05, 0) is 25.3 Å². The summed E-state index contributed by atoms with van der Waals surface area (Å²) in [7, 11) is 0. The van der Waals surface area contributed by atoms with E-state index in [1.165, 1.54) is 25.7 Å². The predicted molar refractivity (Wildman–Crippen MR) is 66.3 cm³/mol. The molecule has 1 atom stereocenters. The standard InChI is InChI=1S/C13H23N3/c1-2-5-11(14)10-12-8-9-16(15-12)13-6-3-4-7-13/h8-9,11,13H,2-7,10,14H2,1H3. The van der Waals surface area contributed by atoms with E-state index in [9.17, 15) is 0 Å². The van der Waals surface area contributed by atoms with Gasteiger partial charge in [0.1, 0.15) is 0 Å². The number of rotatable bonds is 5. The summed E-state index contributed by atoms with van der Waals surface area (Å²) in [5.74, 6) is 0. The van der Waals surface area contributed by atoms with E-state index in [0.717, 1.165) is 25.0 Å². The fourth-order valence-electron chi connectivity index (χ4n) is 2.60. The Balaban J connectivity index is 1.91. The molecule has 0 aromatic carbocycles. The summed E-state index contributed by atoms with van der Waals surface area (Å²) in [4.78, 5) is 0. The molecular formula is C13H23N3. The van der Waals surface area contributed by atoms with Gasteiger partial charge in [-0.2, -0.15) is 5.10 Å². The highest BCUT2D eigenvalue weighted by atomic mass is 15.3. The van der Waals surface area contributed by atoms with Crippen LogP contribution in [0.2, 0.25) is 0 Å². The lowest BCUT2D eigenvalue weighted by atomic mass is 10.1. The van der Waals surface area contributed by atoms with Gasteiger partial charge in [0.15, 0.2) is 0 Å². The monoisotopic (exact) mass is 221 g/mol. The summed E-state index contributed by atoms with van der Waals surface area (Å²) in [5.41, 5.74) is 7.19. The zero-order valence-corrected chi connectivity index (χ0v) is 10.2. The lowest BCUT2D eigenvalue weighted by Crippen LogP contribution is -2.22. The van der Waals surface area contributed by atoms with Crippen molar-refractivity contribution < 1.29 is 0 Å². The van der Waals surface area contributed by atoms with Crippen molar-refractivity contribution in [1.29, 1.82) is 0 Å². The maximum atomic E-state index is 6.03. The first-order valence-electron chi connectivity index (χ1n) is 6.59. The lowest BCUT2D eigenvalue weighted by Gasteiger charge is -2.10. The fraction of sp³-hybridized carbons (Fsp3) is 0.769. The SMILES string of the molecule is CCCC(N)Cc1ccn(C2CCCC2)n1. The average molecular weight is 221 g/mol. The van der Waals surface area contributed by atoms with Gasteiger partial charge in [-0.15, -0.1) is 0 Å². The van der Waals surface area contributed by atoms with Crippen molar-refractivity contribution in [3.05, 3.63) is 18.0 Å². The number of hydrogen-bond donors (Lipinski definition) is 1. The van der Waals surface area contributed by atoms with Gasteiger partial charge in [0.05, 0.1) is 11.7 Å². The second-order valence-corrected chi connectivity index (χ2v) is 4.98. The molecule has 3 heteroatoms. The van der Waals surface area contributed by atoms with Crippen LogP contribution in [0.4, 0.5) is 0 Å². The third-order valence-corrected chi connectivity index (χ3v) is 3.49. The molecule has 3 nitrogen and oxygen atoms in total. The summed E-state index contributed by atoms with van der Waals surface area (Å²) in [5, 5.41) is 4.65. The van der Waals surface area contributed by atoms with Crippen molar-refractivity contribution in [2.24, 2.45) is 5.73 Å². The molecule has 0 aliphatic heterocycles. The Morgan fingerprint density at radius 2 is 2.25 bits per heavy atom. The van der Waals surface area contributed by atoms with E-state index in [4.69, 9.17) is 5.73 Å². The zero-order valence-electron chi connectivity index (χ0n) is 10.2. The minimum atomic E-state index is 0.275. The zero-order chi connectivity index (χ0) is 11.4. The fourth-order valence-corrected chi connectivity index (χ4v) is 2.60. The van der Waals surface area contributed by atoms with Crippen molar-refractivity contribution in [1.82, 2.24) is 9.78 Å². The summed E-state index contributed by atoms with van der Waals surface area (Å²) in [6.45, 7) is 2.18. The van der Waals surface area contributed by atoms with E-state index in [0.29, 0.717) is 6.04 Å². The molecule has 0 spiro atoms. The molecule has 0 bridgehead atoms. The summed E-state index contributed by atoms with van der Waals surface area (Å²) < 4.78 is 2.15. The molecule has 1 unspecified atom stereocenters. The van der Waals surface area contributed by atoms with Gasteiger partial charge in [0.2, 0.25) is 0 Å². The molecule has 2 N–H and O–H groups in total. The molecule has 2 rings (SSSR count). The second-order valence-electron chi connectivity index (χ2n) is 4.98. The third kappa shape index (κ3) is 2.85. The lowest BCUT2D eigenvalue weighted by molar-refractivity contribution is 0.460. The van der Waals surface area contributed by atoms with Gasteiger partial charge < -0.3 is 5.73 Å². The van der Waals surface area contributed by atoms with Gasteiger partial charge in [0.25, 0.3) is 0 Å². The first-order chi connectivity index (χ1) is 7.79. The van der Waals surface area contributed by atoms with E-state index >= 15 is 0 Å². The molecule has 0 amide bonds. The Morgan fingerprint density at radius 3 is 2.94 bits per heavy atom. The van der Waals surface area contributed by atoms with Crippen LogP contribution in [-0.4, -0.2) is 15.8 Å². The van der Waals surface area contributed by atoms with Crippen LogP contribution < -0.4 is 5.73 Å². The normalized spacial score (nSPS) is 19.1. The Bertz CT molecular complexity index is 313. The quantitative estimate of drug-likeness (QED) is 0.830. The first-order valence-corrected chi connectivity index (χ1v) is 6.59. The Morgan fingerprint density at radius 1 is 1.50 bits per heavy atom. The average Bonchev–Trinajstić information content (AvgIpc) is 2.86. The number of nitrogens with two attached hydrogens (primary N) is 1. The molecule has 1 saturated carbocycles. The number of aromatic nitrogens is 2. The molecule has 0 saturated heterocycles. The molecule has 1 aromatic heterocycles. The minimum Gasteiger partial charge on any atom is -0.327 e. The molecule has 1 aromatic rings. The largest absolute Gasteiger partial charge is 0.327 e. The highest BCUT2D eigenvalue weighted by molar-refractivity contribution is 5.02. The van der Waals surface area contributed by atoms with Crippen LogP contribution in [0.25, 0.3) is 0 Å². The maximum Gasteiger partial charge on any atom is 0.0640 e. The third-order valence-electron chi connectivity index (χ3n) is 3.49. The van der Waals surface area contributed by atoms with Crippen molar-refractivity contribution >= 4 is 0 Å². The van der Waals surface area contributed by atoms with Crippen molar-refractivity contribution in [2.45, 2.75) is 64.0 Å². The van der Waals surface area contributed by atoms with Gasteiger partial charge in [0, 0.05) is 18.7 Å². The van der Waals surface area contributed by atoms with E-state index in [1.54, 1.807) is 0 Å². The Hall–Kier alpha value is -0.830. The van der Waals surface area contributed by atoms with Crippen molar-refractivity contribution in [3.8, 4) is 0 Å². The van der Waals surface area contributed by atoms with E-state index < -0.39 is 0 Å². The Kier molecular flexibility index (Phi) is 3.99. The first kappa shape index (κ1) is 11.6. The van der Waals surface area contributed by atoms with E-state index in [2.05, 4.69) is 29.0 Å². The smallest absolute Gasteiger partial charge is 0.0640 e. The van der Waals surface area contributed by atoms with Crippen LogP contribution in [0.15, 0.2) is 12.3 Å². The minimum absolute atomic E-state index is 0.275. The van der Waals surface area contributed by atoms with Crippen molar-refractivity contribution in [2.75, 3.05) is 0 Å². The van der Waals surface area contributed by atoms with Gasteiger partial charge in [-0.1, -0.05) is 26.2 Å².